The standard InChI is InChI=1S/C18H21FN2OS/c1-10-16-14(19)4-3-5-15(16)23-17(10)18(22)21(2)13-8-11-6-7-12(9-13)20-11/h3-5,11-13,20H,6-9H2,1-2H3. The van der Waals surface area contributed by atoms with E-state index in [0.29, 0.717) is 22.3 Å². The van der Waals surface area contributed by atoms with Gasteiger partial charge in [-0.2, -0.15) is 0 Å². The number of aryl methyl sites for hydroxylation is 1. The molecule has 2 atom stereocenters. The highest BCUT2D eigenvalue weighted by atomic mass is 32.1. The zero-order valence-electron chi connectivity index (χ0n) is 13.4. The minimum absolute atomic E-state index is 0.0365. The third-order valence-corrected chi connectivity index (χ3v) is 6.66. The van der Waals surface area contributed by atoms with Gasteiger partial charge >= 0.3 is 0 Å². The second-order valence-electron chi connectivity index (χ2n) is 6.85. The summed E-state index contributed by atoms with van der Waals surface area (Å²) in [6.45, 7) is 1.86. The number of nitrogens with zero attached hydrogens (tertiary/aromatic N) is 1. The Balaban J connectivity index is 1.64. The maximum Gasteiger partial charge on any atom is 0.264 e. The fraction of sp³-hybridized carbons (Fsp3) is 0.500. The van der Waals surface area contributed by atoms with Gasteiger partial charge in [0, 0.05) is 35.3 Å². The summed E-state index contributed by atoms with van der Waals surface area (Å²) in [7, 11) is 1.90. The predicted molar refractivity (Wildman–Crippen MR) is 91.6 cm³/mol. The van der Waals surface area contributed by atoms with Crippen molar-refractivity contribution >= 4 is 27.3 Å². The van der Waals surface area contributed by atoms with E-state index in [2.05, 4.69) is 5.32 Å². The summed E-state index contributed by atoms with van der Waals surface area (Å²) in [5, 5.41) is 4.21. The maximum atomic E-state index is 14.1. The molecule has 0 radical (unpaired) electrons. The van der Waals surface area contributed by atoms with E-state index in [9.17, 15) is 9.18 Å². The average Bonchev–Trinajstić information content (AvgIpc) is 3.06. The SMILES string of the molecule is Cc1c(C(=O)N(C)C2CC3CCC(C2)N3)sc2cccc(F)c12. The molecule has 1 aromatic carbocycles. The Morgan fingerprint density at radius 3 is 2.65 bits per heavy atom. The van der Waals surface area contributed by atoms with Crippen LogP contribution >= 0.6 is 11.3 Å². The van der Waals surface area contributed by atoms with Crippen LogP contribution in [0, 0.1) is 12.7 Å². The van der Waals surface area contributed by atoms with Crippen molar-refractivity contribution in [3.05, 3.63) is 34.5 Å². The van der Waals surface area contributed by atoms with Crippen LogP contribution in [0.4, 0.5) is 4.39 Å². The Labute approximate surface area is 139 Å². The minimum Gasteiger partial charge on any atom is -0.338 e. The Morgan fingerprint density at radius 2 is 2.00 bits per heavy atom. The molecule has 3 nitrogen and oxygen atoms in total. The van der Waals surface area contributed by atoms with Crippen molar-refractivity contribution < 1.29 is 9.18 Å². The molecule has 2 saturated heterocycles. The van der Waals surface area contributed by atoms with Crippen molar-refractivity contribution in [1.82, 2.24) is 10.2 Å². The molecule has 23 heavy (non-hydrogen) atoms. The number of hydrogen-bond donors (Lipinski definition) is 1. The molecule has 2 bridgehead atoms. The molecule has 2 fully saturated rings. The second-order valence-corrected chi connectivity index (χ2v) is 7.90. The maximum absolute atomic E-state index is 14.1. The molecule has 3 heterocycles. The first-order valence-corrected chi connectivity index (χ1v) is 9.07. The first-order valence-electron chi connectivity index (χ1n) is 8.25. The van der Waals surface area contributed by atoms with Gasteiger partial charge in [-0.3, -0.25) is 4.79 Å². The first kappa shape index (κ1) is 15.1. The van der Waals surface area contributed by atoms with Gasteiger partial charge in [0.2, 0.25) is 0 Å². The number of amides is 1. The number of rotatable bonds is 2. The van der Waals surface area contributed by atoms with Gasteiger partial charge in [0.1, 0.15) is 5.82 Å². The lowest BCUT2D eigenvalue weighted by atomic mass is 9.98. The van der Waals surface area contributed by atoms with Gasteiger partial charge in [0.05, 0.1) is 4.88 Å². The number of thiophene rings is 1. The fourth-order valence-electron chi connectivity index (χ4n) is 4.13. The molecule has 2 aromatic rings. The van der Waals surface area contributed by atoms with Gasteiger partial charge in [0.25, 0.3) is 5.91 Å². The van der Waals surface area contributed by atoms with Crippen LogP contribution in [0.25, 0.3) is 10.1 Å². The van der Waals surface area contributed by atoms with Crippen LogP contribution in [0.5, 0.6) is 0 Å². The zero-order chi connectivity index (χ0) is 16.1. The molecule has 0 aliphatic carbocycles. The van der Waals surface area contributed by atoms with Gasteiger partial charge in [0.15, 0.2) is 0 Å². The van der Waals surface area contributed by atoms with Crippen LogP contribution < -0.4 is 5.32 Å². The van der Waals surface area contributed by atoms with E-state index < -0.39 is 0 Å². The van der Waals surface area contributed by atoms with Crippen molar-refractivity contribution in [2.24, 2.45) is 0 Å². The molecule has 2 aliphatic heterocycles. The highest BCUT2D eigenvalue weighted by Crippen LogP contribution is 2.35. The van der Waals surface area contributed by atoms with Crippen molar-refractivity contribution in [3.63, 3.8) is 0 Å². The van der Waals surface area contributed by atoms with E-state index in [1.807, 2.05) is 24.9 Å². The lowest BCUT2D eigenvalue weighted by Gasteiger charge is -2.35. The van der Waals surface area contributed by atoms with Gasteiger partial charge in [-0.05, 0) is 50.3 Å². The van der Waals surface area contributed by atoms with E-state index in [-0.39, 0.29) is 17.8 Å². The smallest absolute Gasteiger partial charge is 0.264 e. The summed E-state index contributed by atoms with van der Waals surface area (Å²) in [6, 6.07) is 6.44. The van der Waals surface area contributed by atoms with Crippen molar-refractivity contribution in [3.8, 4) is 0 Å². The molecule has 0 saturated carbocycles. The summed E-state index contributed by atoms with van der Waals surface area (Å²) in [4.78, 5) is 15.5. The summed E-state index contributed by atoms with van der Waals surface area (Å²) in [5.74, 6) is -0.202. The number of fused-ring (bicyclic) bond motifs is 3. The van der Waals surface area contributed by atoms with Gasteiger partial charge in [-0.15, -0.1) is 11.3 Å². The lowest BCUT2D eigenvalue weighted by Crippen LogP contribution is -2.48. The molecule has 5 heteroatoms. The molecule has 122 valence electrons. The molecular weight excluding hydrogens is 311 g/mol. The summed E-state index contributed by atoms with van der Waals surface area (Å²) < 4.78 is 14.9. The van der Waals surface area contributed by atoms with Crippen molar-refractivity contribution in [2.75, 3.05) is 7.05 Å². The van der Waals surface area contributed by atoms with E-state index >= 15 is 0 Å². The van der Waals surface area contributed by atoms with Crippen LogP contribution in [0.1, 0.15) is 40.9 Å². The van der Waals surface area contributed by atoms with Crippen LogP contribution in [-0.2, 0) is 0 Å². The van der Waals surface area contributed by atoms with Gasteiger partial charge < -0.3 is 10.2 Å². The minimum atomic E-state index is -0.238. The zero-order valence-corrected chi connectivity index (χ0v) is 14.3. The number of carbonyl (C=O) groups excluding carboxylic acids is 1. The van der Waals surface area contributed by atoms with Crippen molar-refractivity contribution in [2.45, 2.75) is 50.7 Å². The molecule has 2 unspecified atom stereocenters. The molecule has 1 N–H and O–H groups in total. The number of nitrogens with one attached hydrogen (secondary N) is 1. The van der Waals surface area contributed by atoms with E-state index in [0.717, 1.165) is 23.1 Å². The molecular formula is C18H21FN2OS. The van der Waals surface area contributed by atoms with E-state index in [4.69, 9.17) is 0 Å². The lowest BCUT2D eigenvalue weighted by molar-refractivity contribution is 0.0686. The molecule has 0 spiro atoms. The number of halogens is 1. The third-order valence-electron chi connectivity index (χ3n) is 5.41. The summed E-state index contributed by atoms with van der Waals surface area (Å²) in [5.41, 5.74) is 0.775. The second kappa shape index (κ2) is 5.56. The monoisotopic (exact) mass is 332 g/mol. The number of piperidine rings is 1. The summed E-state index contributed by atoms with van der Waals surface area (Å²) >= 11 is 1.41. The van der Waals surface area contributed by atoms with Gasteiger partial charge in [-0.1, -0.05) is 6.07 Å². The van der Waals surface area contributed by atoms with Crippen LogP contribution in [0.15, 0.2) is 18.2 Å². The molecule has 1 amide bonds. The Bertz CT molecular complexity index is 760. The van der Waals surface area contributed by atoms with E-state index in [1.54, 1.807) is 6.07 Å². The van der Waals surface area contributed by atoms with Gasteiger partial charge in [-0.25, -0.2) is 4.39 Å². The molecule has 4 rings (SSSR count). The quantitative estimate of drug-likeness (QED) is 0.909. The number of hydrogen-bond acceptors (Lipinski definition) is 3. The topological polar surface area (TPSA) is 32.3 Å². The number of benzene rings is 1. The Kier molecular flexibility index (Phi) is 3.65. The highest BCUT2D eigenvalue weighted by molar-refractivity contribution is 7.21. The third kappa shape index (κ3) is 2.46. The molecule has 1 aromatic heterocycles. The number of carbonyl (C=O) groups is 1. The van der Waals surface area contributed by atoms with Crippen LogP contribution in [0.2, 0.25) is 0 Å². The van der Waals surface area contributed by atoms with Crippen molar-refractivity contribution in [1.29, 1.82) is 0 Å². The first-order chi connectivity index (χ1) is 11.0. The highest BCUT2D eigenvalue weighted by Gasteiger charge is 2.37. The normalized spacial score (nSPS) is 26.7. The van der Waals surface area contributed by atoms with E-state index in [1.165, 1.54) is 30.2 Å². The Hall–Kier alpha value is -1.46. The largest absolute Gasteiger partial charge is 0.338 e. The summed E-state index contributed by atoms with van der Waals surface area (Å²) in [6.07, 6.45) is 4.49. The predicted octanol–water partition coefficient (Wildman–Crippen LogP) is 3.70. The fourth-order valence-corrected chi connectivity index (χ4v) is 5.33. The molecule has 2 aliphatic rings. The Morgan fingerprint density at radius 1 is 1.30 bits per heavy atom. The average molecular weight is 332 g/mol. The van der Waals surface area contributed by atoms with Crippen LogP contribution in [-0.4, -0.2) is 36.0 Å². The van der Waals surface area contributed by atoms with Crippen LogP contribution in [0.3, 0.4) is 0 Å².